The van der Waals surface area contributed by atoms with Gasteiger partial charge < -0.3 is 0 Å². The van der Waals surface area contributed by atoms with Crippen molar-refractivity contribution in [3.63, 3.8) is 0 Å². The topological polar surface area (TPSA) is 0 Å². The van der Waals surface area contributed by atoms with Gasteiger partial charge >= 0.3 is 0 Å². The zero-order valence-corrected chi connectivity index (χ0v) is 14.6. The lowest BCUT2D eigenvalue weighted by Crippen LogP contribution is -1.96. The number of rotatable bonds is 6. The number of hydrogen-bond acceptors (Lipinski definition) is 0. The van der Waals surface area contributed by atoms with Gasteiger partial charge in [-0.1, -0.05) is 86.1 Å². The second kappa shape index (κ2) is 8.43. The molecule has 0 heterocycles. The molecule has 3 aromatic carbocycles. The largest absolute Gasteiger partial charge is 0.207 e. The Hall–Kier alpha value is -2.67. The van der Waals surface area contributed by atoms with E-state index in [1.807, 2.05) is 24.3 Å². The van der Waals surface area contributed by atoms with Crippen LogP contribution in [0.15, 0.2) is 84.9 Å². The third-order valence-electron chi connectivity index (χ3n) is 4.40. The SMILES string of the molecule is CCCCC(=C(c1ccccc1)c1ccccc1)c1ccc(F)cc1. The van der Waals surface area contributed by atoms with Crippen molar-refractivity contribution < 1.29 is 4.39 Å². The molecule has 0 unspecified atom stereocenters. The zero-order chi connectivity index (χ0) is 17.5. The summed E-state index contributed by atoms with van der Waals surface area (Å²) in [6.45, 7) is 2.20. The minimum absolute atomic E-state index is 0.195. The summed E-state index contributed by atoms with van der Waals surface area (Å²) >= 11 is 0. The van der Waals surface area contributed by atoms with E-state index < -0.39 is 0 Å². The van der Waals surface area contributed by atoms with Crippen LogP contribution < -0.4 is 0 Å². The van der Waals surface area contributed by atoms with Crippen molar-refractivity contribution in [3.05, 3.63) is 107 Å². The maximum atomic E-state index is 13.4. The average Bonchev–Trinajstić information content (AvgIpc) is 2.67. The van der Waals surface area contributed by atoms with Gasteiger partial charge in [0.05, 0.1) is 0 Å². The van der Waals surface area contributed by atoms with Crippen molar-refractivity contribution in [1.29, 1.82) is 0 Å². The third kappa shape index (κ3) is 4.24. The summed E-state index contributed by atoms with van der Waals surface area (Å²) in [6, 6.07) is 27.8. The standard InChI is InChI=1S/C24H23F/c1-2-3-14-23(19-15-17-22(25)18-16-19)24(20-10-6-4-7-11-20)21-12-8-5-9-13-21/h4-13,15-18H,2-3,14H2,1H3. The maximum absolute atomic E-state index is 13.4. The minimum atomic E-state index is -0.195. The zero-order valence-electron chi connectivity index (χ0n) is 14.6. The van der Waals surface area contributed by atoms with Crippen LogP contribution in [-0.2, 0) is 0 Å². The van der Waals surface area contributed by atoms with Crippen molar-refractivity contribution >= 4 is 11.1 Å². The van der Waals surface area contributed by atoms with Crippen LogP contribution in [0.1, 0.15) is 42.9 Å². The number of unbranched alkanes of at least 4 members (excludes halogenated alkanes) is 1. The van der Waals surface area contributed by atoms with Crippen LogP contribution in [0, 0.1) is 5.82 Å². The molecular formula is C24H23F. The molecule has 0 aliphatic carbocycles. The van der Waals surface area contributed by atoms with E-state index in [0.29, 0.717) is 0 Å². The van der Waals surface area contributed by atoms with Crippen LogP contribution in [0.2, 0.25) is 0 Å². The first kappa shape index (κ1) is 17.2. The van der Waals surface area contributed by atoms with Gasteiger partial charge in [-0.25, -0.2) is 4.39 Å². The molecular weight excluding hydrogens is 307 g/mol. The van der Waals surface area contributed by atoms with Gasteiger partial charge in [0.15, 0.2) is 0 Å². The highest BCUT2D eigenvalue weighted by Gasteiger charge is 2.13. The number of allylic oxidation sites excluding steroid dienone is 1. The molecule has 3 rings (SSSR count). The summed E-state index contributed by atoms with van der Waals surface area (Å²) in [5.74, 6) is -0.195. The molecule has 0 aliphatic heterocycles. The van der Waals surface area contributed by atoms with E-state index >= 15 is 0 Å². The molecule has 25 heavy (non-hydrogen) atoms. The smallest absolute Gasteiger partial charge is 0.123 e. The second-order valence-corrected chi connectivity index (χ2v) is 6.20. The van der Waals surface area contributed by atoms with Gasteiger partial charge in [-0.2, -0.15) is 0 Å². The van der Waals surface area contributed by atoms with E-state index in [9.17, 15) is 4.39 Å². The fourth-order valence-electron chi connectivity index (χ4n) is 3.14. The molecule has 0 atom stereocenters. The van der Waals surface area contributed by atoms with Crippen molar-refractivity contribution in [2.45, 2.75) is 26.2 Å². The first-order chi connectivity index (χ1) is 12.3. The van der Waals surface area contributed by atoms with Gasteiger partial charge in [-0.05, 0) is 52.8 Å². The fraction of sp³-hybridized carbons (Fsp3) is 0.167. The summed E-state index contributed by atoms with van der Waals surface area (Å²) in [5.41, 5.74) is 6.01. The van der Waals surface area contributed by atoms with Crippen LogP contribution in [0.5, 0.6) is 0 Å². The molecule has 0 saturated heterocycles. The number of halogens is 1. The highest BCUT2D eigenvalue weighted by Crippen LogP contribution is 2.35. The van der Waals surface area contributed by atoms with Gasteiger partial charge in [0.1, 0.15) is 5.82 Å². The van der Waals surface area contributed by atoms with Crippen LogP contribution in [0.3, 0.4) is 0 Å². The summed E-state index contributed by atoms with van der Waals surface area (Å²) in [6.07, 6.45) is 3.21. The predicted molar refractivity (Wildman–Crippen MR) is 105 cm³/mol. The fourth-order valence-corrected chi connectivity index (χ4v) is 3.14. The second-order valence-electron chi connectivity index (χ2n) is 6.20. The normalized spacial score (nSPS) is 10.5. The van der Waals surface area contributed by atoms with Crippen LogP contribution in [0.4, 0.5) is 4.39 Å². The quantitative estimate of drug-likeness (QED) is 0.428. The van der Waals surface area contributed by atoms with Gasteiger partial charge in [0, 0.05) is 0 Å². The minimum Gasteiger partial charge on any atom is -0.207 e. The Morgan fingerprint density at radius 1 is 0.680 bits per heavy atom. The lowest BCUT2D eigenvalue weighted by Gasteiger charge is -2.17. The molecule has 0 fully saturated rings. The molecule has 0 amide bonds. The third-order valence-corrected chi connectivity index (χ3v) is 4.40. The molecule has 1 heteroatoms. The maximum Gasteiger partial charge on any atom is 0.123 e. The van der Waals surface area contributed by atoms with E-state index in [2.05, 4.69) is 55.5 Å². The molecule has 0 spiro atoms. The monoisotopic (exact) mass is 330 g/mol. The summed E-state index contributed by atoms with van der Waals surface area (Å²) in [7, 11) is 0. The lowest BCUT2D eigenvalue weighted by molar-refractivity contribution is 0.627. The molecule has 0 saturated carbocycles. The van der Waals surface area contributed by atoms with Gasteiger partial charge in [-0.3, -0.25) is 0 Å². The van der Waals surface area contributed by atoms with Crippen LogP contribution in [-0.4, -0.2) is 0 Å². The Labute approximate surface area is 149 Å². The van der Waals surface area contributed by atoms with Gasteiger partial charge in [-0.15, -0.1) is 0 Å². The van der Waals surface area contributed by atoms with E-state index in [1.54, 1.807) is 12.1 Å². The summed E-state index contributed by atoms with van der Waals surface area (Å²) in [5, 5.41) is 0. The molecule has 0 aliphatic rings. The molecule has 0 nitrogen and oxygen atoms in total. The van der Waals surface area contributed by atoms with Gasteiger partial charge in [0.25, 0.3) is 0 Å². The number of benzene rings is 3. The average molecular weight is 330 g/mol. The molecule has 126 valence electrons. The molecule has 0 N–H and O–H groups in total. The lowest BCUT2D eigenvalue weighted by atomic mass is 9.87. The van der Waals surface area contributed by atoms with Crippen LogP contribution in [0.25, 0.3) is 11.1 Å². The highest BCUT2D eigenvalue weighted by atomic mass is 19.1. The van der Waals surface area contributed by atoms with Crippen molar-refractivity contribution in [2.24, 2.45) is 0 Å². The Morgan fingerprint density at radius 2 is 1.20 bits per heavy atom. The first-order valence-electron chi connectivity index (χ1n) is 8.89. The van der Waals surface area contributed by atoms with Crippen molar-refractivity contribution in [1.82, 2.24) is 0 Å². The Bertz CT molecular complexity index is 773. The van der Waals surface area contributed by atoms with Crippen LogP contribution >= 0.6 is 0 Å². The predicted octanol–water partition coefficient (Wildman–Crippen LogP) is 6.98. The van der Waals surface area contributed by atoms with Gasteiger partial charge in [0.2, 0.25) is 0 Å². The Balaban J connectivity index is 2.24. The van der Waals surface area contributed by atoms with Crippen molar-refractivity contribution in [2.75, 3.05) is 0 Å². The van der Waals surface area contributed by atoms with E-state index in [0.717, 1.165) is 24.8 Å². The molecule has 0 bridgehead atoms. The number of hydrogen-bond donors (Lipinski definition) is 0. The Morgan fingerprint density at radius 3 is 1.68 bits per heavy atom. The molecule has 0 aromatic heterocycles. The van der Waals surface area contributed by atoms with E-state index in [1.165, 1.54) is 22.3 Å². The highest BCUT2D eigenvalue weighted by molar-refractivity contribution is 5.98. The van der Waals surface area contributed by atoms with E-state index in [4.69, 9.17) is 0 Å². The molecule has 0 radical (unpaired) electrons. The first-order valence-corrected chi connectivity index (χ1v) is 8.89. The van der Waals surface area contributed by atoms with Crippen molar-refractivity contribution in [3.8, 4) is 0 Å². The Kier molecular flexibility index (Phi) is 5.79. The summed E-state index contributed by atoms with van der Waals surface area (Å²) < 4.78 is 13.4. The molecule has 3 aromatic rings. The summed E-state index contributed by atoms with van der Waals surface area (Å²) in [4.78, 5) is 0. The van der Waals surface area contributed by atoms with E-state index in [-0.39, 0.29) is 5.82 Å².